The summed E-state index contributed by atoms with van der Waals surface area (Å²) in [6.45, 7) is 6.34. The molecule has 9 heteroatoms. The number of carbonyl (C=O) groups excluding carboxylic acids is 4. The second-order valence-electron chi connectivity index (χ2n) is 9.81. The highest BCUT2D eigenvalue weighted by Crippen LogP contribution is 2.30. The summed E-state index contributed by atoms with van der Waals surface area (Å²) in [6.07, 6.45) is 7.69. The Hall–Kier alpha value is -2.62. The molecule has 1 atom stereocenters. The Morgan fingerprint density at radius 2 is 1.54 bits per heavy atom. The molecule has 35 heavy (non-hydrogen) atoms. The number of carbonyl (C=O) groups is 4. The van der Waals surface area contributed by atoms with Crippen LogP contribution in [0.2, 0.25) is 0 Å². The highest BCUT2D eigenvalue weighted by molar-refractivity contribution is 6.24. The van der Waals surface area contributed by atoms with Crippen LogP contribution in [0.25, 0.3) is 0 Å². The lowest BCUT2D eigenvalue weighted by atomic mass is 10.0. The zero-order valence-corrected chi connectivity index (χ0v) is 20.5. The van der Waals surface area contributed by atoms with E-state index in [9.17, 15) is 19.2 Å². The van der Waals surface area contributed by atoms with Crippen LogP contribution in [0.3, 0.4) is 0 Å². The summed E-state index contributed by atoms with van der Waals surface area (Å²) in [7, 11) is 0. The van der Waals surface area contributed by atoms with Gasteiger partial charge in [-0.1, -0.05) is 37.8 Å². The lowest BCUT2D eigenvalue weighted by Gasteiger charge is -2.35. The van der Waals surface area contributed by atoms with Crippen LogP contribution < -0.4 is 11.1 Å². The molecule has 4 amide bonds. The monoisotopic (exact) mass is 483 g/mol. The van der Waals surface area contributed by atoms with Gasteiger partial charge in [0.15, 0.2) is 0 Å². The Labute approximate surface area is 207 Å². The minimum Gasteiger partial charge on any atom is -0.330 e. The normalized spacial score (nSPS) is 21.5. The standard InChI is InChI=1S/C26H37N5O4/c27-12-5-3-1-2-4-6-13-29-14-16-30(17-15-29)18-19-8-7-9-20-23(19)26(35)31(25(20)34)21-10-11-22(32)28-24(21)33/h7-9,21H,1-6,10-18,27H2,(H,28,32,33). The van der Waals surface area contributed by atoms with Crippen LogP contribution in [-0.2, 0) is 16.1 Å². The van der Waals surface area contributed by atoms with E-state index in [0.29, 0.717) is 17.7 Å². The average Bonchev–Trinajstić information content (AvgIpc) is 3.10. The first kappa shape index (κ1) is 25.5. The molecule has 3 N–H and O–H groups in total. The van der Waals surface area contributed by atoms with Gasteiger partial charge in [0.25, 0.3) is 11.8 Å². The molecule has 3 aliphatic heterocycles. The third-order valence-electron chi connectivity index (χ3n) is 7.34. The lowest BCUT2D eigenvalue weighted by Crippen LogP contribution is -2.54. The number of unbranched alkanes of at least 4 members (excludes halogenated alkanes) is 5. The number of piperidine rings is 1. The molecular formula is C26H37N5O4. The van der Waals surface area contributed by atoms with Crippen molar-refractivity contribution in [2.45, 2.75) is 64.0 Å². The average molecular weight is 484 g/mol. The van der Waals surface area contributed by atoms with Crippen molar-refractivity contribution >= 4 is 23.6 Å². The second-order valence-corrected chi connectivity index (χ2v) is 9.81. The van der Waals surface area contributed by atoms with Crippen molar-refractivity contribution in [1.29, 1.82) is 0 Å². The van der Waals surface area contributed by atoms with Gasteiger partial charge >= 0.3 is 0 Å². The lowest BCUT2D eigenvalue weighted by molar-refractivity contribution is -0.136. The Balaban J connectivity index is 1.30. The maximum atomic E-state index is 13.3. The molecule has 0 saturated carbocycles. The number of amides is 4. The van der Waals surface area contributed by atoms with Gasteiger partial charge in [0.2, 0.25) is 11.8 Å². The quantitative estimate of drug-likeness (QED) is 0.362. The minimum absolute atomic E-state index is 0.120. The van der Waals surface area contributed by atoms with Crippen LogP contribution in [0.4, 0.5) is 0 Å². The van der Waals surface area contributed by atoms with Crippen LogP contribution >= 0.6 is 0 Å². The molecule has 3 heterocycles. The fraction of sp³-hybridized carbons (Fsp3) is 0.615. The zero-order valence-electron chi connectivity index (χ0n) is 20.5. The van der Waals surface area contributed by atoms with E-state index in [4.69, 9.17) is 5.73 Å². The molecule has 0 bridgehead atoms. The summed E-state index contributed by atoms with van der Waals surface area (Å²) in [6, 6.07) is 4.42. The summed E-state index contributed by atoms with van der Waals surface area (Å²) in [5.41, 5.74) is 7.12. The molecule has 1 aromatic rings. The Bertz CT molecular complexity index is 957. The molecule has 1 unspecified atom stereocenters. The molecule has 1 aromatic carbocycles. The predicted molar refractivity (Wildman–Crippen MR) is 132 cm³/mol. The van der Waals surface area contributed by atoms with Crippen molar-refractivity contribution in [3.8, 4) is 0 Å². The molecule has 0 aromatic heterocycles. The number of hydrogen-bond donors (Lipinski definition) is 2. The first-order valence-electron chi connectivity index (χ1n) is 13.0. The third kappa shape index (κ3) is 5.97. The van der Waals surface area contributed by atoms with Crippen LogP contribution in [0, 0.1) is 0 Å². The highest BCUT2D eigenvalue weighted by Gasteiger charge is 2.45. The van der Waals surface area contributed by atoms with Crippen LogP contribution in [0.5, 0.6) is 0 Å². The Kier molecular flexibility index (Phi) is 8.64. The van der Waals surface area contributed by atoms with Gasteiger partial charge in [-0.25, -0.2) is 0 Å². The van der Waals surface area contributed by atoms with E-state index < -0.39 is 23.8 Å². The van der Waals surface area contributed by atoms with Crippen molar-refractivity contribution in [1.82, 2.24) is 20.0 Å². The van der Waals surface area contributed by atoms with Crippen molar-refractivity contribution in [3.63, 3.8) is 0 Å². The van der Waals surface area contributed by atoms with E-state index in [1.165, 1.54) is 32.1 Å². The topological polar surface area (TPSA) is 116 Å². The van der Waals surface area contributed by atoms with Crippen molar-refractivity contribution in [2.24, 2.45) is 5.73 Å². The number of fused-ring (bicyclic) bond motifs is 1. The summed E-state index contributed by atoms with van der Waals surface area (Å²) in [5.74, 6) is -1.83. The predicted octanol–water partition coefficient (Wildman–Crippen LogP) is 1.50. The van der Waals surface area contributed by atoms with Gasteiger partial charge < -0.3 is 10.6 Å². The maximum Gasteiger partial charge on any atom is 0.262 e. The molecular weight excluding hydrogens is 446 g/mol. The van der Waals surface area contributed by atoms with Gasteiger partial charge in [-0.15, -0.1) is 0 Å². The van der Waals surface area contributed by atoms with Crippen molar-refractivity contribution < 1.29 is 19.2 Å². The van der Waals surface area contributed by atoms with Crippen LogP contribution in [0.15, 0.2) is 18.2 Å². The summed E-state index contributed by atoms with van der Waals surface area (Å²) in [5, 5.41) is 2.25. The van der Waals surface area contributed by atoms with E-state index in [0.717, 1.165) is 56.2 Å². The second kappa shape index (κ2) is 11.9. The number of benzene rings is 1. The minimum atomic E-state index is -0.933. The van der Waals surface area contributed by atoms with Gasteiger partial charge in [-0.05, 0) is 44.0 Å². The number of nitrogens with two attached hydrogens (primary N) is 1. The number of rotatable bonds is 11. The molecule has 4 rings (SSSR count). The molecule has 0 radical (unpaired) electrons. The Morgan fingerprint density at radius 3 is 2.26 bits per heavy atom. The van der Waals surface area contributed by atoms with Gasteiger partial charge in [-0.3, -0.25) is 34.3 Å². The van der Waals surface area contributed by atoms with E-state index in [-0.39, 0.29) is 18.7 Å². The largest absolute Gasteiger partial charge is 0.330 e. The van der Waals surface area contributed by atoms with E-state index in [2.05, 4.69) is 15.1 Å². The number of hydrogen-bond acceptors (Lipinski definition) is 7. The molecule has 2 saturated heterocycles. The first-order chi connectivity index (χ1) is 17.0. The number of nitrogens with one attached hydrogen (secondary N) is 1. The van der Waals surface area contributed by atoms with Crippen LogP contribution in [0.1, 0.15) is 77.6 Å². The molecule has 3 aliphatic rings. The fourth-order valence-corrected chi connectivity index (χ4v) is 5.32. The van der Waals surface area contributed by atoms with Crippen molar-refractivity contribution in [2.75, 3.05) is 39.3 Å². The SMILES string of the molecule is NCCCCCCCCN1CCN(Cc2cccc3c2C(=O)N(C2CCC(=O)NC2=O)C3=O)CC1. The molecule has 2 fully saturated rings. The Morgan fingerprint density at radius 1 is 0.857 bits per heavy atom. The maximum absolute atomic E-state index is 13.3. The highest BCUT2D eigenvalue weighted by atomic mass is 16.2. The molecule has 190 valence electrons. The fourth-order valence-electron chi connectivity index (χ4n) is 5.32. The third-order valence-corrected chi connectivity index (χ3v) is 7.34. The van der Waals surface area contributed by atoms with Gasteiger partial charge in [-0.2, -0.15) is 0 Å². The van der Waals surface area contributed by atoms with E-state index in [1.54, 1.807) is 12.1 Å². The van der Waals surface area contributed by atoms with Gasteiger partial charge in [0, 0.05) is 39.1 Å². The van der Waals surface area contributed by atoms with Gasteiger partial charge in [0.1, 0.15) is 6.04 Å². The molecule has 0 spiro atoms. The number of piperazine rings is 1. The zero-order chi connectivity index (χ0) is 24.8. The van der Waals surface area contributed by atoms with Gasteiger partial charge in [0.05, 0.1) is 11.1 Å². The summed E-state index contributed by atoms with van der Waals surface area (Å²) in [4.78, 5) is 56.0. The molecule has 9 nitrogen and oxygen atoms in total. The summed E-state index contributed by atoms with van der Waals surface area (Å²) < 4.78 is 0. The first-order valence-corrected chi connectivity index (χ1v) is 13.0. The van der Waals surface area contributed by atoms with E-state index in [1.807, 2.05) is 6.07 Å². The molecule has 0 aliphatic carbocycles. The smallest absolute Gasteiger partial charge is 0.262 e. The van der Waals surface area contributed by atoms with E-state index >= 15 is 0 Å². The van der Waals surface area contributed by atoms with Crippen molar-refractivity contribution in [3.05, 3.63) is 34.9 Å². The number of nitrogens with zero attached hydrogens (tertiary/aromatic N) is 3. The number of imide groups is 2. The van der Waals surface area contributed by atoms with Crippen LogP contribution in [-0.4, -0.2) is 83.6 Å². The summed E-state index contributed by atoms with van der Waals surface area (Å²) >= 11 is 0.